The van der Waals surface area contributed by atoms with Gasteiger partial charge in [-0.15, -0.1) is 5.10 Å². The predicted molar refractivity (Wildman–Crippen MR) is 181 cm³/mol. The number of halogens is 3. The third-order valence-corrected chi connectivity index (χ3v) is 10.0. The van der Waals surface area contributed by atoms with Crippen LogP contribution in [-0.2, 0) is 6.42 Å². The van der Waals surface area contributed by atoms with Crippen LogP contribution in [0.5, 0.6) is 5.88 Å². The fourth-order valence-electron chi connectivity index (χ4n) is 6.32. The number of hydrogen-bond donors (Lipinski definition) is 2. The zero-order valence-electron chi connectivity index (χ0n) is 27.5. The van der Waals surface area contributed by atoms with Gasteiger partial charge in [0.2, 0.25) is 5.88 Å². The maximum Gasteiger partial charge on any atom is 0.397 e. The van der Waals surface area contributed by atoms with E-state index >= 15 is 0 Å². The summed E-state index contributed by atoms with van der Waals surface area (Å²) in [7, 11) is 0. The largest absolute Gasteiger partial charge is 0.476 e. The Labute approximate surface area is 283 Å². The van der Waals surface area contributed by atoms with E-state index in [9.17, 15) is 18.3 Å². The van der Waals surface area contributed by atoms with Gasteiger partial charge >= 0.3 is 6.18 Å². The highest BCUT2D eigenvalue weighted by Gasteiger charge is 2.48. The van der Waals surface area contributed by atoms with Crippen LogP contribution in [0.2, 0.25) is 0 Å². The molecule has 1 aliphatic carbocycles. The smallest absolute Gasteiger partial charge is 0.397 e. The Balaban J connectivity index is 1.32. The molecule has 48 heavy (non-hydrogen) atoms. The number of aliphatic hydroxyl groups is 1. The number of anilines is 2. The van der Waals surface area contributed by atoms with E-state index in [1.165, 1.54) is 22.7 Å². The summed E-state index contributed by atoms with van der Waals surface area (Å²) in [6.45, 7) is 4.39. The van der Waals surface area contributed by atoms with Crippen molar-refractivity contribution in [1.82, 2.24) is 24.7 Å². The van der Waals surface area contributed by atoms with E-state index < -0.39 is 23.8 Å². The van der Waals surface area contributed by atoms with E-state index in [4.69, 9.17) is 19.7 Å². The van der Waals surface area contributed by atoms with Gasteiger partial charge in [0, 0.05) is 36.3 Å². The Morgan fingerprint density at radius 2 is 1.83 bits per heavy atom. The Hall–Kier alpha value is -3.84. The molecular weight excluding hydrogens is 639 g/mol. The SMILES string of the molecule is CC1(O)CCCC1N1CCCCCCc2ccccc2-c2nc(cnc2-n2ccc(OCC(C)(C)C(F)(F)F)n2)NSc2cccc1n2. The van der Waals surface area contributed by atoms with Crippen molar-refractivity contribution in [1.29, 1.82) is 0 Å². The normalized spacial score (nSPS) is 20.9. The van der Waals surface area contributed by atoms with Crippen LogP contribution in [0, 0.1) is 5.41 Å². The molecule has 4 aromatic rings. The molecular formula is C35H42F3N7O2S. The van der Waals surface area contributed by atoms with Crippen LogP contribution in [0.25, 0.3) is 17.1 Å². The van der Waals surface area contributed by atoms with Crippen molar-refractivity contribution in [2.24, 2.45) is 5.41 Å². The van der Waals surface area contributed by atoms with Gasteiger partial charge in [-0.2, -0.15) is 13.2 Å². The number of hydrogen-bond acceptors (Lipinski definition) is 9. The number of pyridine rings is 1. The zero-order valence-corrected chi connectivity index (χ0v) is 28.3. The topological polar surface area (TPSA) is 101 Å². The molecule has 0 spiro atoms. The lowest BCUT2D eigenvalue weighted by atomic mass is 9.94. The fourth-order valence-corrected chi connectivity index (χ4v) is 6.91. The molecule has 2 unspecified atom stereocenters. The molecule has 2 atom stereocenters. The molecule has 1 saturated carbocycles. The lowest BCUT2D eigenvalue weighted by Crippen LogP contribution is -2.48. The van der Waals surface area contributed by atoms with Gasteiger partial charge in [0.1, 0.15) is 23.1 Å². The van der Waals surface area contributed by atoms with Crippen molar-refractivity contribution in [3.63, 3.8) is 0 Å². The molecule has 1 fully saturated rings. The first-order chi connectivity index (χ1) is 22.9. The van der Waals surface area contributed by atoms with Crippen LogP contribution in [0.1, 0.15) is 71.3 Å². The number of nitrogens with one attached hydrogen (secondary N) is 1. The summed E-state index contributed by atoms with van der Waals surface area (Å²) in [6, 6.07) is 15.6. The second kappa shape index (κ2) is 13.9. The molecule has 2 aliphatic rings. The minimum Gasteiger partial charge on any atom is -0.476 e. The van der Waals surface area contributed by atoms with Crippen LogP contribution in [0.3, 0.4) is 0 Å². The summed E-state index contributed by atoms with van der Waals surface area (Å²) in [5, 5.41) is 16.4. The minimum absolute atomic E-state index is 0.0116. The highest BCUT2D eigenvalue weighted by molar-refractivity contribution is 8.00. The van der Waals surface area contributed by atoms with Crippen LogP contribution >= 0.6 is 11.9 Å². The van der Waals surface area contributed by atoms with Gasteiger partial charge < -0.3 is 19.5 Å². The van der Waals surface area contributed by atoms with E-state index in [1.807, 2.05) is 43.3 Å². The van der Waals surface area contributed by atoms with Crippen molar-refractivity contribution < 1.29 is 23.0 Å². The summed E-state index contributed by atoms with van der Waals surface area (Å²) < 4.78 is 50.5. The summed E-state index contributed by atoms with van der Waals surface area (Å²) in [5.74, 6) is 1.86. The van der Waals surface area contributed by atoms with Crippen LogP contribution in [0.15, 0.2) is 66.0 Å². The Morgan fingerprint density at radius 3 is 2.62 bits per heavy atom. The maximum absolute atomic E-state index is 13.4. The minimum atomic E-state index is -4.41. The molecule has 13 heteroatoms. The highest BCUT2D eigenvalue weighted by atomic mass is 32.2. The number of alkyl halides is 3. The van der Waals surface area contributed by atoms with Crippen LogP contribution in [0.4, 0.5) is 24.8 Å². The Morgan fingerprint density at radius 1 is 1.02 bits per heavy atom. The molecule has 6 rings (SSSR count). The molecule has 4 heterocycles. The van der Waals surface area contributed by atoms with Crippen LogP contribution < -0.4 is 14.4 Å². The molecule has 3 aromatic heterocycles. The summed E-state index contributed by atoms with van der Waals surface area (Å²) in [5.41, 5.74) is -0.186. The van der Waals surface area contributed by atoms with E-state index in [0.29, 0.717) is 17.3 Å². The number of benzene rings is 1. The highest BCUT2D eigenvalue weighted by Crippen LogP contribution is 2.39. The average Bonchev–Trinajstić information content (AvgIpc) is 3.67. The van der Waals surface area contributed by atoms with Crippen molar-refractivity contribution >= 4 is 23.6 Å². The Bertz CT molecular complexity index is 1710. The molecule has 2 N–H and O–H groups in total. The number of aromatic nitrogens is 5. The van der Waals surface area contributed by atoms with Gasteiger partial charge in [-0.3, -0.25) is 0 Å². The van der Waals surface area contributed by atoms with E-state index in [2.05, 4.69) is 20.8 Å². The second-order valence-electron chi connectivity index (χ2n) is 13.5. The number of nitrogens with zero attached hydrogens (tertiary/aromatic N) is 6. The third kappa shape index (κ3) is 7.57. The fraction of sp³-hybridized carbons (Fsp3) is 0.486. The summed E-state index contributed by atoms with van der Waals surface area (Å²) in [6.07, 6.45) is 6.41. The molecule has 0 radical (unpaired) electrons. The van der Waals surface area contributed by atoms with Gasteiger partial charge in [-0.05, 0) is 77.0 Å². The summed E-state index contributed by atoms with van der Waals surface area (Å²) in [4.78, 5) is 17.0. The van der Waals surface area contributed by atoms with Crippen LogP contribution in [-0.4, -0.2) is 60.8 Å². The zero-order chi connectivity index (χ0) is 33.9. The van der Waals surface area contributed by atoms with E-state index in [0.717, 1.165) is 93.7 Å². The van der Waals surface area contributed by atoms with Gasteiger partial charge in [-0.25, -0.2) is 19.6 Å². The first kappa shape index (κ1) is 34.0. The molecule has 9 nitrogen and oxygen atoms in total. The van der Waals surface area contributed by atoms with E-state index in [1.54, 1.807) is 12.4 Å². The molecule has 4 bridgehead atoms. The summed E-state index contributed by atoms with van der Waals surface area (Å²) >= 11 is 1.33. The number of fused-ring (bicyclic) bond motifs is 6. The van der Waals surface area contributed by atoms with Crippen molar-refractivity contribution in [2.45, 2.75) is 95.0 Å². The number of ether oxygens (including phenoxy) is 1. The lowest BCUT2D eigenvalue weighted by Gasteiger charge is -2.37. The molecule has 1 aliphatic heterocycles. The van der Waals surface area contributed by atoms with Crippen molar-refractivity contribution in [3.8, 4) is 23.0 Å². The number of aryl methyl sites for hydroxylation is 1. The standard InChI is InChI=1S/C35H42F3N7O2S/c1-33(2,35(36,37)38)23-47-29-18-21-45(42-29)32-31-25-14-8-7-13-24(25)12-6-4-5-9-20-44(26-15-11-19-34(26,3)46)28-16-10-17-30(41-28)48-43-27(40-31)22-39-32/h7-8,10,13-14,16-18,21-22,26,46H,4-6,9,11-12,15,19-20,23H2,1-3H3,(H,40,43). The molecule has 0 saturated heterocycles. The van der Waals surface area contributed by atoms with Gasteiger partial charge in [0.15, 0.2) is 11.6 Å². The first-order valence-electron chi connectivity index (χ1n) is 16.5. The van der Waals surface area contributed by atoms with Gasteiger partial charge in [-0.1, -0.05) is 43.2 Å². The molecule has 256 valence electrons. The average molecular weight is 682 g/mol. The monoisotopic (exact) mass is 681 g/mol. The van der Waals surface area contributed by atoms with Crippen molar-refractivity contribution in [3.05, 3.63) is 66.5 Å². The lowest BCUT2D eigenvalue weighted by molar-refractivity contribution is -0.219. The van der Waals surface area contributed by atoms with Gasteiger partial charge in [0.25, 0.3) is 0 Å². The second-order valence-corrected chi connectivity index (χ2v) is 14.3. The molecule has 1 aromatic carbocycles. The molecule has 0 amide bonds. The maximum atomic E-state index is 13.4. The Kier molecular flexibility index (Phi) is 9.89. The van der Waals surface area contributed by atoms with E-state index in [-0.39, 0.29) is 11.9 Å². The van der Waals surface area contributed by atoms with Gasteiger partial charge in [0.05, 0.1) is 23.3 Å². The predicted octanol–water partition coefficient (Wildman–Crippen LogP) is 8.04. The first-order valence-corrected chi connectivity index (χ1v) is 17.3. The quantitative estimate of drug-likeness (QED) is 0.203. The number of rotatable bonds is 5. The van der Waals surface area contributed by atoms with Crippen molar-refractivity contribution in [2.75, 3.05) is 22.8 Å². The third-order valence-electron chi connectivity index (χ3n) is 9.27.